The highest BCUT2D eigenvalue weighted by Crippen LogP contribution is 2.33. The predicted molar refractivity (Wildman–Crippen MR) is 142 cm³/mol. The van der Waals surface area contributed by atoms with Crippen LogP contribution >= 0.6 is 0 Å². The van der Waals surface area contributed by atoms with Gasteiger partial charge in [-0.25, -0.2) is 9.97 Å². The average molecular weight is 468 g/mol. The molecule has 7 aromatic rings. The van der Waals surface area contributed by atoms with Gasteiger partial charge in [0, 0.05) is 34.8 Å². The summed E-state index contributed by atoms with van der Waals surface area (Å²) in [6, 6.07) is 34.3. The third-order valence-corrected chi connectivity index (χ3v) is 6.41. The van der Waals surface area contributed by atoms with Gasteiger partial charge < -0.3 is 4.74 Å². The number of para-hydroxylation sites is 2. The van der Waals surface area contributed by atoms with Crippen molar-refractivity contribution in [2.24, 2.45) is 0 Å². The van der Waals surface area contributed by atoms with Crippen molar-refractivity contribution < 1.29 is 4.74 Å². The molecule has 0 spiro atoms. The van der Waals surface area contributed by atoms with Crippen molar-refractivity contribution in [3.05, 3.63) is 115 Å². The minimum absolute atomic E-state index is 0.518. The van der Waals surface area contributed by atoms with E-state index >= 15 is 0 Å². The Morgan fingerprint density at radius 3 is 2.36 bits per heavy atom. The van der Waals surface area contributed by atoms with Crippen molar-refractivity contribution in [3.63, 3.8) is 0 Å². The fraction of sp³-hybridized carbons (Fsp3) is 0.0333. The first-order chi connectivity index (χ1) is 17.8. The van der Waals surface area contributed by atoms with Crippen molar-refractivity contribution >= 4 is 33.0 Å². The SMILES string of the molecule is Cc1nc2ccc(Oc3ccc4c5ccccc5n(-c5ccccn5)c4n3)cc2n1-c1ccccc1. The van der Waals surface area contributed by atoms with Crippen LogP contribution in [0, 0.1) is 6.92 Å². The summed E-state index contributed by atoms with van der Waals surface area (Å²) < 4.78 is 10.5. The number of rotatable bonds is 4. The van der Waals surface area contributed by atoms with Gasteiger partial charge in [0.1, 0.15) is 17.4 Å². The maximum absolute atomic E-state index is 6.30. The maximum Gasteiger partial charge on any atom is 0.221 e. The van der Waals surface area contributed by atoms with E-state index in [4.69, 9.17) is 14.7 Å². The molecule has 0 fully saturated rings. The summed E-state index contributed by atoms with van der Waals surface area (Å²) in [5, 5.41) is 2.18. The van der Waals surface area contributed by atoms with Gasteiger partial charge in [-0.2, -0.15) is 4.98 Å². The van der Waals surface area contributed by atoms with Gasteiger partial charge >= 0.3 is 0 Å². The number of hydrogen-bond acceptors (Lipinski definition) is 4. The van der Waals surface area contributed by atoms with Crippen LogP contribution in [-0.4, -0.2) is 24.1 Å². The number of aryl methyl sites for hydroxylation is 1. The summed E-state index contributed by atoms with van der Waals surface area (Å²) in [6.45, 7) is 2.01. The van der Waals surface area contributed by atoms with Crippen LogP contribution in [0.15, 0.2) is 109 Å². The molecule has 36 heavy (non-hydrogen) atoms. The van der Waals surface area contributed by atoms with Gasteiger partial charge in [0.2, 0.25) is 5.88 Å². The number of pyridine rings is 2. The second kappa shape index (κ2) is 8.06. The van der Waals surface area contributed by atoms with Gasteiger partial charge in [-0.3, -0.25) is 9.13 Å². The molecule has 3 aromatic carbocycles. The average Bonchev–Trinajstić information content (AvgIpc) is 3.43. The van der Waals surface area contributed by atoms with Crippen LogP contribution in [0.25, 0.3) is 44.5 Å². The molecule has 0 amide bonds. The molecule has 7 rings (SSSR count). The first-order valence-electron chi connectivity index (χ1n) is 11.8. The molecule has 6 heteroatoms. The highest BCUT2D eigenvalue weighted by Gasteiger charge is 2.16. The lowest BCUT2D eigenvalue weighted by Crippen LogP contribution is -1.99. The Kier molecular flexibility index (Phi) is 4.57. The van der Waals surface area contributed by atoms with Gasteiger partial charge in [-0.05, 0) is 55.5 Å². The van der Waals surface area contributed by atoms with Gasteiger partial charge in [0.05, 0.1) is 16.6 Å². The second-order valence-corrected chi connectivity index (χ2v) is 8.64. The molecular weight excluding hydrogens is 446 g/mol. The Hall–Kier alpha value is -4.97. The lowest BCUT2D eigenvalue weighted by atomic mass is 10.2. The van der Waals surface area contributed by atoms with Crippen molar-refractivity contribution in [2.45, 2.75) is 6.92 Å². The molecular formula is C30H21N5O. The monoisotopic (exact) mass is 467 g/mol. The molecule has 0 bridgehead atoms. The molecule has 0 aliphatic carbocycles. The van der Waals surface area contributed by atoms with E-state index in [0.29, 0.717) is 11.6 Å². The summed E-state index contributed by atoms with van der Waals surface area (Å²) in [7, 11) is 0. The molecule has 0 aliphatic heterocycles. The molecule has 0 aliphatic rings. The fourth-order valence-electron chi connectivity index (χ4n) is 4.86. The van der Waals surface area contributed by atoms with E-state index in [1.54, 1.807) is 6.20 Å². The van der Waals surface area contributed by atoms with Crippen molar-refractivity contribution in [2.75, 3.05) is 0 Å². The first kappa shape index (κ1) is 20.4. The quantitative estimate of drug-likeness (QED) is 0.279. The van der Waals surface area contributed by atoms with Crippen molar-refractivity contribution in [1.82, 2.24) is 24.1 Å². The van der Waals surface area contributed by atoms with E-state index in [9.17, 15) is 0 Å². The summed E-state index contributed by atoms with van der Waals surface area (Å²) in [4.78, 5) is 14.2. The fourth-order valence-corrected chi connectivity index (χ4v) is 4.86. The lowest BCUT2D eigenvalue weighted by Gasteiger charge is -2.09. The molecule has 0 radical (unpaired) electrons. The molecule has 172 valence electrons. The molecule has 0 saturated carbocycles. The Morgan fingerprint density at radius 2 is 1.50 bits per heavy atom. The Morgan fingerprint density at radius 1 is 0.667 bits per heavy atom. The number of ether oxygens (including phenoxy) is 1. The van der Waals surface area contributed by atoms with Crippen LogP contribution in [0.1, 0.15) is 5.82 Å². The largest absolute Gasteiger partial charge is 0.439 e. The molecule has 4 heterocycles. The van der Waals surface area contributed by atoms with Crippen LogP contribution < -0.4 is 4.74 Å². The molecule has 0 unspecified atom stereocenters. The van der Waals surface area contributed by atoms with Crippen LogP contribution in [0.5, 0.6) is 11.6 Å². The molecule has 4 aromatic heterocycles. The van der Waals surface area contributed by atoms with E-state index in [-0.39, 0.29) is 0 Å². The van der Waals surface area contributed by atoms with Gasteiger partial charge in [0.25, 0.3) is 0 Å². The Balaban J connectivity index is 1.35. The number of aromatic nitrogens is 5. The minimum Gasteiger partial charge on any atom is -0.439 e. The molecule has 0 saturated heterocycles. The standard InChI is InChI=1S/C30H21N5O/c1-20-32-25-16-14-22(19-27(25)34(20)21-9-3-2-4-10-21)36-29-17-15-24-23-11-5-6-12-26(23)35(30(24)33-29)28-13-7-8-18-31-28/h2-19H,1H3. The van der Waals surface area contributed by atoms with Crippen LogP contribution in [-0.2, 0) is 0 Å². The van der Waals surface area contributed by atoms with Crippen molar-refractivity contribution in [1.29, 1.82) is 0 Å². The van der Waals surface area contributed by atoms with Crippen LogP contribution in [0.2, 0.25) is 0 Å². The summed E-state index contributed by atoms with van der Waals surface area (Å²) >= 11 is 0. The Bertz CT molecular complexity index is 1870. The smallest absolute Gasteiger partial charge is 0.221 e. The zero-order valence-electron chi connectivity index (χ0n) is 19.5. The van der Waals surface area contributed by atoms with E-state index < -0.39 is 0 Å². The molecule has 0 atom stereocenters. The van der Waals surface area contributed by atoms with E-state index in [0.717, 1.165) is 50.3 Å². The zero-order valence-corrected chi connectivity index (χ0v) is 19.5. The van der Waals surface area contributed by atoms with E-state index in [1.807, 2.05) is 79.7 Å². The summed E-state index contributed by atoms with van der Waals surface area (Å²) in [6.07, 6.45) is 1.80. The second-order valence-electron chi connectivity index (χ2n) is 8.64. The number of hydrogen-bond donors (Lipinski definition) is 0. The molecule has 0 N–H and O–H groups in total. The maximum atomic E-state index is 6.30. The lowest BCUT2D eigenvalue weighted by molar-refractivity contribution is 0.465. The van der Waals surface area contributed by atoms with Gasteiger partial charge in [-0.15, -0.1) is 0 Å². The number of benzene rings is 3. The first-order valence-corrected chi connectivity index (χ1v) is 11.8. The number of imidazole rings is 1. The third kappa shape index (κ3) is 3.23. The van der Waals surface area contributed by atoms with Gasteiger partial charge in [0.15, 0.2) is 5.65 Å². The minimum atomic E-state index is 0.518. The number of fused-ring (bicyclic) bond motifs is 4. The summed E-state index contributed by atoms with van der Waals surface area (Å²) in [5.41, 5.74) is 4.83. The van der Waals surface area contributed by atoms with Crippen LogP contribution in [0.3, 0.4) is 0 Å². The van der Waals surface area contributed by atoms with Gasteiger partial charge in [-0.1, -0.05) is 42.5 Å². The highest BCUT2D eigenvalue weighted by atomic mass is 16.5. The topological polar surface area (TPSA) is 57.8 Å². The number of nitrogens with zero attached hydrogens (tertiary/aromatic N) is 5. The third-order valence-electron chi connectivity index (χ3n) is 6.41. The van der Waals surface area contributed by atoms with E-state index in [1.165, 1.54) is 0 Å². The zero-order chi connectivity index (χ0) is 24.1. The predicted octanol–water partition coefficient (Wildman–Crippen LogP) is 7.01. The van der Waals surface area contributed by atoms with Crippen LogP contribution in [0.4, 0.5) is 0 Å². The van der Waals surface area contributed by atoms with Crippen molar-refractivity contribution in [3.8, 4) is 23.1 Å². The normalized spacial score (nSPS) is 11.5. The Labute approximate surface area is 207 Å². The summed E-state index contributed by atoms with van der Waals surface area (Å²) in [5.74, 6) is 2.96. The molecule has 6 nitrogen and oxygen atoms in total. The highest BCUT2D eigenvalue weighted by molar-refractivity contribution is 6.07. The van der Waals surface area contributed by atoms with E-state index in [2.05, 4.69) is 44.5 Å².